The Balaban J connectivity index is 1.43. The Labute approximate surface area is 195 Å². The molecule has 4 rings (SSSR count). The predicted octanol–water partition coefficient (Wildman–Crippen LogP) is 6.86. The normalized spacial score (nSPS) is 44.1. The van der Waals surface area contributed by atoms with Gasteiger partial charge in [-0.25, -0.2) is 0 Å². The fourth-order valence-electron chi connectivity index (χ4n) is 9.30. The van der Waals surface area contributed by atoms with E-state index in [0.29, 0.717) is 41.4 Å². The molecule has 0 heterocycles. The number of fused-ring (bicyclic) bond motifs is 5. The van der Waals surface area contributed by atoms with Gasteiger partial charge in [0.05, 0.1) is 0 Å². The first-order chi connectivity index (χ1) is 15.2. The van der Waals surface area contributed by atoms with Crippen LogP contribution in [-0.2, 0) is 14.3 Å². The average Bonchev–Trinajstić information content (AvgIpc) is 3.09. The summed E-state index contributed by atoms with van der Waals surface area (Å²) in [5.74, 6) is 3.72. The third kappa shape index (κ3) is 4.25. The third-order valence-electron chi connectivity index (χ3n) is 10.9. The first kappa shape index (κ1) is 24.1. The van der Waals surface area contributed by atoms with Gasteiger partial charge in [-0.3, -0.25) is 9.59 Å². The highest BCUT2D eigenvalue weighted by Crippen LogP contribution is 2.68. The first-order valence-corrected chi connectivity index (χ1v) is 13.6. The van der Waals surface area contributed by atoms with Gasteiger partial charge in [0.1, 0.15) is 6.10 Å². The Kier molecular flexibility index (Phi) is 6.99. The molecule has 4 saturated carbocycles. The van der Waals surface area contributed by atoms with Crippen molar-refractivity contribution in [1.29, 1.82) is 0 Å². The molecule has 1 N–H and O–H groups in total. The second kappa shape index (κ2) is 9.29. The molecule has 4 heteroatoms. The summed E-state index contributed by atoms with van der Waals surface area (Å²) in [6.07, 6.45) is 14.0. The van der Waals surface area contributed by atoms with Crippen molar-refractivity contribution in [3.8, 4) is 0 Å². The van der Waals surface area contributed by atoms with Crippen LogP contribution in [0.1, 0.15) is 111 Å². The van der Waals surface area contributed by atoms with E-state index in [1.54, 1.807) is 0 Å². The molecule has 0 aliphatic heterocycles. The van der Waals surface area contributed by atoms with Gasteiger partial charge in [-0.15, -0.1) is 0 Å². The summed E-state index contributed by atoms with van der Waals surface area (Å²) in [6.45, 7) is 9.48. The number of carboxylic acid groups (broad SMARTS) is 1. The van der Waals surface area contributed by atoms with Crippen molar-refractivity contribution in [3.63, 3.8) is 0 Å². The maximum absolute atomic E-state index is 12.1. The molecule has 32 heavy (non-hydrogen) atoms. The number of ether oxygens (including phenoxy) is 1. The molecule has 4 aliphatic rings. The van der Waals surface area contributed by atoms with E-state index in [0.717, 1.165) is 43.4 Å². The van der Waals surface area contributed by atoms with Crippen LogP contribution in [0.5, 0.6) is 0 Å². The Morgan fingerprint density at radius 3 is 2.41 bits per heavy atom. The molecule has 0 spiro atoms. The monoisotopic (exact) mass is 446 g/mol. The van der Waals surface area contributed by atoms with E-state index in [-0.39, 0.29) is 12.1 Å². The Morgan fingerprint density at radius 1 is 0.969 bits per heavy atom. The molecule has 0 radical (unpaired) electrons. The van der Waals surface area contributed by atoms with Crippen molar-refractivity contribution < 1.29 is 19.4 Å². The molecule has 0 aromatic rings. The highest BCUT2D eigenvalue weighted by atomic mass is 16.5. The topological polar surface area (TPSA) is 63.6 Å². The maximum atomic E-state index is 12.1. The smallest absolute Gasteiger partial charge is 0.306 e. The van der Waals surface area contributed by atoms with Crippen LogP contribution in [0, 0.1) is 46.3 Å². The average molecular weight is 447 g/mol. The largest absolute Gasteiger partial charge is 0.481 e. The highest BCUT2D eigenvalue weighted by Gasteiger charge is 2.60. The molecule has 0 bridgehead atoms. The van der Waals surface area contributed by atoms with Crippen LogP contribution in [0.15, 0.2) is 0 Å². The van der Waals surface area contributed by atoms with Crippen molar-refractivity contribution in [3.05, 3.63) is 0 Å². The van der Waals surface area contributed by atoms with Crippen molar-refractivity contribution in [2.24, 2.45) is 46.3 Å². The van der Waals surface area contributed by atoms with Gasteiger partial charge in [-0.2, -0.15) is 0 Å². The third-order valence-corrected chi connectivity index (χ3v) is 10.9. The number of hydrogen-bond donors (Lipinski definition) is 1. The zero-order chi connectivity index (χ0) is 23.1. The predicted molar refractivity (Wildman–Crippen MR) is 126 cm³/mol. The molecular weight excluding hydrogens is 400 g/mol. The Hall–Kier alpha value is -1.06. The standard InChI is InChI=1S/C28H46O4/c1-5-6-26(31)32-20-13-15-27(3)19(17-20)8-9-21-23-11-10-22(18(2)7-12-25(29)30)28(23,4)16-14-24(21)27/h18-24H,5-17H2,1-4H3,(H,29,30)/t18-,19-,20+,21+,22?,23?,24?,27+,28-/m1/s1. The zero-order valence-electron chi connectivity index (χ0n) is 20.9. The van der Waals surface area contributed by atoms with Gasteiger partial charge < -0.3 is 9.84 Å². The maximum Gasteiger partial charge on any atom is 0.306 e. The molecule has 0 amide bonds. The molecule has 4 aliphatic carbocycles. The molecule has 0 saturated heterocycles. The van der Waals surface area contributed by atoms with Gasteiger partial charge in [0.15, 0.2) is 0 Å². The van der Waals surface area contributed by atoms with Crippen LogP contribution < -0.4 is 0 Å². The number of carbonyl (C=O) groups is 2. The number of hydrogen-bond acceptors (Lipinski definition) is 3. The molecule has 4 fully saturated rings. The fourth-order valence-corrected chi connectivity index (χ4v) is 9.30. The van der Waals surface area contributed by atoms with E-state index in [1.807, 2.05) is 6.92 Å². The fraction of sp³-hybridized carbons (Fsp3) is 0.929. The van der Waals surface area contributed by atoms with Gasteiger partial charge in [-0.1, -0.05) is 27.7 Å². The van der Waals surface area contributed by atoms with E-state index in [4.69, 9.17) is 9.84 Å². The van der Waals surface area contributed by atoms with Crippen LogP contribution >= 0.6 is 0 Å². The summed E-state index contributed by atoms with van der Waals surface area (Å²) < 4.78 is 5.85. The summed E-state index contributed by atoms with van der Waals surface area (Å²) in [4.78, 5) is 23.2. The second-order valence-corrected chi connectivity index (χ2v) is 12.4. The van der Waals surface area contributed by atoms with Crippen LogP contribution in [0.4, 0.5) is 0 Å². The summed E-state index contributed by atoms with van der Waals surface area (Å²) in [5.41, 5.74) is 0.806. The van der Waals surface area contributed by atoms with Gasteiger partial charge in [-0.05, 0) is 117 Å². The number of esters is 1. The Bertz CT molecular complexity index is 704. The molecule has 182 valence electrons. The van der Waals surface area contributed by atoms with Crippen LogP contribution in [0.2, 0.25) is 0 Å². The lowest BCUT2D eigenvalue weighted by Crippen LogP contribution is -2.54. The van der Waals surface area contributed by atoms with Gasteiger partial charge in [0.2, 0.25) is 0 Å². The van der Waals surface area contributed by atoms with E-state index >= 15 is 0 Å². The van der Waals surface area contributed by atoms with Gasteiger partial charge >= 0.3 is 11.9 Å². The highest BCUT2D eigenvalue weighted by molar-refractivity contribution is 5.69. The lowest BCUT2D eigenvalue weighted by molar-refractivity contribution is -0.162. The lowest BCUT2D eigenvalue weighted by atomic mass is 9.44. The van der Waals surface area contributed by atoms with Crippen molar-refractivity contribution >= 4 is 11.9 Å². The first-order valence-electron chi connectivity index (χ1n) is 13.6. The van der Waals surface area contributed by atoms with E-state index in [9.17, 15) is 9.59 Å². The number of rotatable bonds is 7. The minimum atomic E-state index is -0.650. The summed E-state index contributed by atoms with van der Waals surface area (Å²) >= 11 is 0. The van der Waals surface area contributed by atoms with Gasteiger partial charge in [0, 0.05) is 12.8 Å². The van der Waals surface area contributed by atoms with Crippen LogP contribution in [0.25, 0.3) is 0 Å². The molecule has 0 aromatic heterocycles. The molecular formula is C28H46O4. The number of aliphatic carboxylic acids is 1. The summed E-state index contributed by atoms with van der Waals surface area (Å²) in [7, 11) is 0. The molecule has 9 atom stereocenters. The van der Waals surface area contributed by atoms with Crippen molar-refractivity contribution in [1.82, 2.24) is 0 Å². The quantitative estimate of drug-likeness (QED) is 0.434. The Morgan fingerprint density at radius 2 is 1.69 bits per heavy atom. The van der Waals surface area contributed by atoms with E-state index < -0.39 is 5.97 Å². The number of carbonyl (C=O) groups excluding carboxylic acids is 1. The van der Waals surface area contributed by atoms with Crippen molar-refractivity contribution in [2.45, 2.75) is 117 Å². The second-order valence-electron chi connectivity index (χ2n) is 12.4. The molecule has 0 aromatic carbocycles. The van der Waals surface area contributed by atoms with E-state index in [1.165, 1.54) is 44.9 Å². The molecule has 4 nitrogen and oxygen atoms in total. The number of carboxylic acids is 1. The van der Waals surface area contributed by atoms with Crippen molar-refractivity contribution in [2.75, 3.05) is 0 Å². The minimum Gasteiger partial charge on any atom is -0.481 e. The SMILES string of the molecule is CCCC(=O)O[C@H]1CC[C@]2(C)C3CC[C@@]4(C)C(CCC4[C@H](C)CCC(=O)O)[C@@H]3CC[C@@H]2C1. The zero-order valence-corrected chi connectivity index (χ0v) is 20.9. The minimum absolute atomic E-state index is 0.00256. The van der Waals surface area contributed by atoms with Crippen LogP contribution in [0.3, 0.4) is 0 Å². The summed E-state index contributed by atoms with van der Waals surface area (Å²) in [5, 5.41) is 9.16. The molecule has 3 unspecified atom stereocenters. The van der Waals surface area contributed by atoms with E-state index in [2.05, 4.69) is 20.8 Å². The van der Waals surface area contributed by atoms with Crippen LogP contribution in [-0.4, -0.2) is 23.1 Å². The lowest BCUT2D eigenvalue weighted by Gasteiger charge is -2.61. The van der Waals surface area contributed by atoms with Gasteiger partial charge in [0.25, 0.3) is 0 Å². The summed E-state index contributed by atoms with van der Waals surface area (Å²) in [6, 6.07) is 0.